The summed E-state index contributed by atoms with van der Waals surface area (Å²) in [6.45, 7) is 2.08. The summed E-state index contributed by atoms with van der Waals surface area (Å²) < 4.78 is 2.12. The molecular formula is C20H21N3O2. The second-order valence-electron chi connectivity index (χ2n) is 7.55. The monoisotopic (exact) mass is 335 g/mol. The number of carbonyl (C=O) groups is 1. The Hall–Kier alpha value is -2.56. The molecule has 1 spiro atoms. The van der Waals surface area contributed by atoms with Crippen LogP contribution in [0.25, 0.3) is 16.6 Å². The number of anilines is 1. The minimum Gasteiger partial charge on any atom is -0.478 e. The molecule has 3 heterocycles. The molecule has 5 rings (SSSR count). The molecule has 2 fully saturated rings. The smallest absolute Gasteiger partial charge is 0.335 e. The number of hydrogen-bond acceptors (Lipinski definition) is 3. The number of aromatic nitrogens is 2. The highest BCUT2D eigenvalue weighted by Gasteiger charge is 2.40. The van der Waals surface area contributed by atoms with Gasteiger partial charge in [-0.3, -0.25) is 0 Å². The first kappa shape index (κ1) is 14.8. The topological polar surface area (TPSA) is 57.8 Å². The third kappa shape index (κ3) is 2.22. The van der Waals surface area contributed by atoms with Crippen molar-refractivity contribution in [1.82, 2.24) is 9.38 Å². The lowest BCUT2D eigenvalue weighted by Crippen LogP contribution is -2.44. The molecule has 1 N–H and O–H groups in total. The van der Waals surface area contributed by atoms with E-state index in [4.69, 9.17) is 4.98 Å². The second kappa shape index (κ2) is 5.22. The third-order valence-electron chi connectivity index (χ3n) is 6.22. The molecule has 1 aliphatic heterocycles. The van der Waals surface area contributed by atoms with Gasteiger partial charge in [-0.15, -0.1) is 0 Å². The highest BCUT2D eigenvalue weighted by Crippen LogP contribution is 2.49. The van der Waals surface area contributed by atoms with Gasteiger partial charge in [0.2, 0.25) is 0 Å². The molecule has 25 heavy (non-hydrogen) atoms. The number of hydrogen-bond donors (Lipinski definition) is 1. The lowest BCUT2D eigenvalue weighted by atomic mass is 9.63. The van der Waals surface area contributed by atoms with Gasteiger partial charge in [-0.2, -0.15) is 0 Å². The van der Waals surface area contributed by atoms with Crippen LogP contribution in [0.2, 0.25) is 0 Å². The maximum Gasteiger partial charge on any atom is 0.335 e. The van der Waals surface area contributed by atoms with Crippen molar-refractivity contribution in [3.63, 3.8) is 0 Å². The number of carboxylic acids is 1. The standard InChI is InChI=1S/C20H21N3O2/c24-19(25)14-4-5-16-15(13-14)21-18(17-3-1-10-23(16)17)22-11-8-20(9-12-22)6-2-7-20/h1,3-5,10,13H,2,6-9,11-12H2,(H,24,25). The molecule has 5 nitrogen and oxygen atoms in total. The minimum atomic E-state index is -0.914. The molecule has 0 unspecified atom stereocenters. The average Bonchev–Trinajstić information content (AvgIpc) is 3.09. The van der Waals surface area contributed by atoms with Gasteiger partial charge in [-0.05, 0) is 61.4 Å². The summed E-state index contributed by atoms with van der Waals surface area (Å²) in [5.41, 5.74) is 3.66. The summed E-state index contributed by atoms with van der Waals surface area (Å²) in [7, 11) is 0. The van der Waals surface area contributed by atoms with Crippen molar-refractivity contribution < 1.29 is 9.90 Å². The summed E-state index contributed by atoms with van der Waals surface area (Å²) in [5.74, 6) is 0.0666. The molecule has 2 aliphatic rings. The molecule has 1 saturated heterocycles. The zero-order valence-electron chi connectivity index (χ0n) is 14.1. The van der Waals surface area contributed by atoms with Crippen molar-refractivity contribution in [3.8, 4) is 0 Å². The number of rotatable bonds is 2. The lowest BCUT2D eigenvalue weighted by Gasteiger charge is -2.48. The van der Waals surface area contributed by atoms with Gasteiger partial charge >= 0.3 is 5.97 Å². The Morgan fingerprint density at radius 1 is 1.08 bits per heavy atom. The van der Waals surface area contributed by atoms with E-state index in [-0.39, 0.29) is 5.56 Å². The van der Waals surface area contributed by atoms with Gasteiger partial charge in [0, 0.05) is 19.3 Å². The fraction of sp³-hybridized carbons (Fsp3) is 0.400. The molecule has 0 atom stereocenters. The SMILES string of the molecule is O=C(O)c1ccc2c(c1)nc(N1CCC3(CCC3)CC1)c1cccn12. The number of piperidine rings is 1. The van der Waals surface area contributed by atoms with E-state index < -0.39 is 5.97 Å². The Labute approximate surface area is 145 Å². The van der Waals surface area contributed by atoms with E-state index in [1.807, 2.05) is 18.3 Å². The molecular weight excluding hydrogens is 314 g/mol. The molecule has 1 aliphatic carbocycles. The quantitative estimate of drug-likeness (QED) is 0.770. The molecule has 0 amide bonds. The van der Waals surface area contributed by atoms with E-state index >= 15 is 0 Å². The number of nitrogens with zero attached hydrogens (tertiary/aromatic N) is 3. The fourth-order valence-corrected chi connectivity index (χ4v) is 4.50. The van der Waals surface area contributed by atoms with Crippen molar-refractivity contribution in [2.75, 3.05) is 18.0 Å². The average molecular weight is 335 g/mol. The molecule has 1 aromatic carbocycles. The predicted octanol–water partition coefficient (Wildman–Crippen LogP) is 3.96. The Morgan fingerprint density at radius 3 is 2.56 bits per heavy atom. The van der Waals surface area contributed by atoms with Crippen molar-refractivity contribution >= 4 is 28.3 Å². The number of aromatic carboxylic acids is 1. The van der Waals surface area contributed by atoms with Gasteiger partial charge in [-0.1, -0.05) is 6.42 Å². The van der Waals surface area contributed by atoms with Gasteiger partial charge in [0.25, 0.3) is 0 Å². The molecule has 0 bridgehead atoms. The van der Waals surface area contributed by atoms with Crippen LogP contribution in [0.15, 0.2) is 36.5 Å². The Balaban J connectivity index is 1.61. The van der Waals surface area contributed by atoms with Crippen LogP contribution in [-0.4, -0.2) is 33.6 Å². The van der Waals surface area contributed by atoms with Crippen LogP contribution >= 0.6 is 0 Å². The summed E-state index contributed by atoms with van der Waals surface area (Å²) in [6.07, 6.45) is 8.67. The van der Waals surface area contributed by atoms with Gasteiger partial charge in [0.1, 0.15) is 0 Å². The molecule has 2 aromatic heterocycles. The lowest BCUT2D eigenvalue weighted by molar-refractivity contribution is 0.0697. The zero-order valence-corrected chi connectivity index (χ0v) is 14.1. The van der Waals surface area contributed by atoms with Crippen LogP contribution in [-0.2, 0) is 0 Å². The maximum atomic E-state index is 11.3. The van der Waals surface area contributed by atoms with Crippen molar-refractivity contribution in [1.29, 1.82) is 0 Å². The first-order chi connectivity index (χ1) is 12.2. The van der Waals surface area contributed by atoms with E-state index in [2.05, 4.69) is 15.4 Å². The third-order valence-corrected chi connectivity index (χ3v) is 6.22. The molecule has 3 aromatic rings. The molecule has 5 heteroatoms. The number of carboxylic acid groups (broad SMARTS) is 1. The van der Waals surface area contributed by atoms with Crippen molar-refractivity contribution in [3.05, 3.63) is 42.1 Å². The fourth-order valence-electron chi connectivity index (χ4n) is 4.50. The van der Waals surface area contributed by atoms with Gasteiger partial charge in [0.15, 0.2) is 5.82 Å². The number of benzene rings is 1. The van der Waals surface area contributed by atoms with E-state index in [0.717, 1.165) is 35.5 Å². The van der Waals surface area contributed by atoms with Gasteiger partial charge in [0.05, 0.1) is 22.1 Å². The van der Waals surface area contributed by atoms with Crippen molar-refractivity contribution in [2.45, 2.75) is 32.1 Å². The van der Waals surface area contributed by atoms with Gasteiger partial charge in [-0.25, -0.2) is 9.78 Å². The van der Waals surface area contributed by atoms with E-state index in [1.54, 1.807) is 12.1 Å². The van der Waals surface area contributed by atoms with Crippen LogP contribution in [0.3, 0.4) is 0 Å². The summed E-state index contributed by atoms with van der Waals surface area (Å²) in [6, 6.07) is 9.30. The highest BCUT2D eigenvalue weighted by molar-refractivity contribution is 5.94. The largest absolute Gasteiger partial charge is 0.478 e. The predicted molar refractivity (Wildman–Crippen MR) is 97.4 cm³/mol. The van der Waals surface area contributed by atoms with Crippen molar-refractivity contribution in [2.24, 2.45) is 5.41 Å². The van der Waals surface area contributed by atoms with Crippen LogP contribution < -0.4 is 4.90 Å². The summed E-state index contributed by atoms with van der Waals surface area (Å²) in [4.78, 5) is 18.6. The molecule has 128 valence electrons. The Bertz CT molecular complexity index is 977. The first-order valence-electron chi connectivity index (χ1n) is 9.04. The zero-order chi connectivity index (χ0) is 17.0. The van der Waals surface area contributed by atoms with E-state index in [1.165, 1.54) is 32.1 Å². The minimum absolute atomic E-state index is 0.282. The summed E-state index contributed by atoms with van der Waals surface area (Å²) in [5, 5.41) is 9.28. The number of fused-ring (bicyclic) bond motifs is 3. The Morgan fingerprint density at radius 2 is 1.88 bits per heavy atom. The first-order valence-corrected chi connectivity index (χ1v) is 9.04. The van der Waals surface area contributed by atoms with Crippen LogP contribution in [0.5, 0.6) is 0 Å². The van der Waals surface area contributed by atoms with Crippen LogP contribution in [0.1, 0.15) is 42.5 Å². The summed E-state index contributed by atoms with van der Waals surface area (Å²) >= 11 is 0. The van der Waals surface area contributed by atoms with E-state index in [0.29, 0.717) is 5.41 Å². The molecule has 0 radical (unpaired) electrons. The second-order valence-corrected chi connectivity index (χ2v) is 7.55. The highest BCUT2D eigenvalue weighted by atomic mass is 16.4. The molecule has 1 saturated carbocycles. The maximum absolute atomic E-state index is 11.3. The Kier molecular flexibility index (Phi) is 3.08. The van der Waals surface area contributed by atoms with E-state index in [9.17, 15) is 9.90 Å². The van der Waals surface area contributed by atoms with Gasteiger partial charge < -0.3 is 14.4 Å². The van der Waals surface area contributed by atoms with Crippen LogP contribution in [0, 0.1) is 5.41 Å². The van der Waals surface area contributed by atoms with Crippen LogP contribution in [0.4, 0.5) is 5.82 Å². The normalized spacial score (nSPS) is 19.4.